The predicted molar refractivity (Wildman–Crippen MR) is 79.8 cm³/mol. The SMILES string of the molecule is C=CCN(C)C(=O)c1cc2cccc3c2n1CCS3. The summed E-state index contributed by atoms with van der Waals surface area (Å²) in [6.45, 7) is 5.15. The molecule has 4 heteroatoms. The van der Waals surface area contributed by atoms with Gasteiger partial charge in [0.25, 0.3) is 5.91 Å². The second kappa shape index (κ2) is 4.78. The van der Waals surface area contributed by atoms with E-state index >= 15 is 0 Å². The van der Waals surface area contributed by atoms with Gasteiger partial charge in [0.05, 0.1) is 5.52 Å². The van der Waals surface area contributed by atoms with E-state index in [2.05, 4.69) is 29.3 Å². The summed E-state index contributed by atoms with van der Waals surface area (Å²) in [6, 6.07) is 8.27. The van der Waals surface area contributed by atoms with Gasteiger partial charge in [-0.25, -0.2) is 0 Å². The molecule has 1 aromatic carbocycles. The lowest BCUT2D eigenvalue weighted by Crippen LogP contribution is -2.29. The van der Waals surface area contributed by atoms with Crippen molar-refractivity contribution < 1.29 is 4.79 Å². The average molecular weight is 272 g/mol. The Morgan fingerprint density at radius 1 is 1.58 bits per heavy atom. The summed E-state index contributed by atoms with van der Waals surface area (Å²) in [5.41, 5.74) is 1.99. The first-order valence-electron chi connectivity index (χ1n) is 6.34. The van der Waals surface area contributed by atoms with Crippen LogP contribution in [0.1, 0.15) is 10.5 Å². The number of nitrogens with zero attached hydrogens (tertiary/aromatic N) is 2. The minimum absolute atomic E-state index is 0.0638. The standard InChI is InChI=1S/C15H16N2OS/c1-3-7-16(2)15(18)12-10-11-5-4-6-13-14(11)17(12)8-9-19-13/h3-6,10H,1,7-9H2,2H3. The molecule has 0 radical (unpaired) electrons. The van der Waals surface area contributed by atoms with E-state index in [0.29, 0.717) is 6.54 Å². The molecule has 19 heavy (non-hydrogen) atoms. The fourth-order valence-corrected chi connectivity index (χ4v) is 3.57. The maximum atomic E-state index is 12.5. The van der Waals surface area contributed by atoms with Crippen molar-refractivity contribution in [3.8, 4) is 0 Å². The summed E-state index contributed by atoms with van der Waals surface area (Å²) in [4.78, 5) is 15.4. The highest BCUT2D eigenvalue weighted by molar-refractivity contribution is 7.99. The van der Waals surface area contributed by atoms with Crippen LogP contribution >= 0.6 is 11.8 Å². The maximum absolute atomic E-state index is 12.5. The van der Waals surface area contributed by atoms with Crippen molar-refractivity contribution in [2.45, 2.75) is 11.4 Å². The number of thioether (sulfide) groups is 1. The van der Waals surface area contributed by atoms with Gasteiger partial charge < -0.3 is 9.47 Å². The minimum atomic E-state index is 0.0638. The number of likely N-dealkylation sites (N-methyl/N-ethyl adjacent to an activating group) is 1. The molecule has 0 aliphatic carbocycles. The van der Waals surface area contributed by atoms with E-state index < -0.39 is 0 Å². The number of benzene rings is 1. The van der Waals surface area contributed by atoms with Gasteiger partial charge in [-0.1, -0.05) is 18.2 Å². The van der Waals surface area contributed by atoms with Crippen LogP contribution in [-0.4, -0.2) is 34.7 Å². The highest BCUT2D eigenvalue weighted by atomic mass is 32.2. The molecule has 0 N–H and O–H groups in total. The monoisotopic (exact) mass is 272 g/mol. The van der Waals surface area contributed by atoms with E-state index in [0.717, 1.165) is 23.4 Å². The van der Waals surface area contributed by atoms with Gasteiger partial charge in [0.15, 0.2) is 0 Å². The molecule has 0 unspecified atom stereocenters. The topological polar surface area (TPSA) is 25.2 Å². The number of aromatic nitrogens is 1. The first-order valence-corrected chi connectivity index (χ1v) is 7.32. The largest absolute Gasteiger partial charge is 0.337 e. The van der Waals surface area contributed by atoms with Crippen molar-refractivity contribution in [1.29, 1.82) is 0 Å². The highest BCUT2D eigenvalue weighted by Crippen LogP contribution is 2.34. The van der Waals surface area contributed by atoms with Crippen LogP contribution in [0.5, 0.6) is 0 Å². The van der Waals surface area contributed by atoms with Crippen LogP contribution in [0.15, 0.2) is 41.8 Å². The van der Waals surface area contributed by atoms with Crippen LogP contribution in [0.25, 0.3) is 10.9 Å². The van der Waals surface area contributed by atoms with Crippen molar-refractivity contribution in [2.24, 2.45) is 0 Å². The number of carbonyl (C=O) groups excluding carboxylic acids is 1. The van der Waals surface area contributed by atoms with Crippen LogP contribution in [0.3, 0.4) is 0 Å². The highest BCUT2D eigenvalue weighted by Gasteiger charge is 2.22. The molecular weight excluding hydrogens is 256 g/mol. The number of aryl methyl sites for hydroxylation is 1. The van der Waals surface area contributed by atoms with Crippen LogP contribution in [0, 0.1) is 0 Å². The predicted octanol–water partition coefficient (Wildman–Crippen LogP) is 3.01. The molecule has 1 aromatic heterocycles. The summed E-state index contributed by atoms with van der Waals surface area (Å²) in [5, 5.41) is 1.15. The molecular formula is C15H16N2OS. The van der Waals surface area contributed by atoms with Crippen LogP contribution in [-0.2, 0) is 6.54 Å². The summed E-state index contributed by atoms with van der Waals surface area (Å²) in [7, 11) is 1.81. The summed E-state index contributed by atoms with van der Waals surface area (Å²) in [5.74, 6) is 1.08. The fourth-order valence-electron chi connectivity index (χ4n) is 2.54. The van der Waals surface area contributed by atoms with Crippen molar-refractivity contribution in [3.05, 3.63) is 42.6 Å². The molecule has 2 aromatic rings. The third-order valence-electron chi connectivity index (χ3n) is 3.42. The zero-order chi connectivity index (χ0) is 13.4. The second-order valence-corrected chi connectivity index (χ2v) is 5.83. The Morgan fingerprint density at radius 2 is 2.42 bits per heavy atom. The third kappa shape index (κ3) is 1.96. The Hall–Kier alpha value is -1.68. The average Bonchev–Trinajstić information content (AvgIpc) is 2.80. The summed E-state index contributed by atoms with van der Waals surface area (Å²) >= 11 is 1.86. The van der Waals surface area contributed by atoms with Gasteiger partial charge in [-0.15, -0.1) is 18.3 Å². The van der Waals surface area contributed by atoms with Crippen LogP contribution < -0.4 is 0 Å². The lowest BCUT2D eigenvalue weighted by Gasteiger charge is -2.20. The van der Waals surface area contributed by atoms with E-state index in [1.54, 1.807) is 11.0 Å². The molecule has 1 aliphatic heterocycles. The first kappa shape index (κ1) is 12.4. The van der Waals surface area contributed by atoms with Gasteiger partial charge in [-0.3, -0.25) is 4.79 Å². The Morgan fingerprint density at radius 3 is 3.21 bits per heavy atom. The number of amides is 1. The zero-order valence-electron chi connectivity index (χ0n) is 10.9. The Bertz CT molecular complexity index is 659. The Labute approximate surface area is 116 Å². The molecule has 1 amide bonds. The molecule has 3 nitrogen and oxygen atoms in total. The summed E-state index contributed by atoms with van der Waals surface area (Å²) in [6.07, 6.45) is 1.75. The van der Waals surface area contributed by atoms with Gasteiger partial charge in [0.2, 0.25) is 0 Å². The van der Waals surface area contributed by atoms with E-state index in [-0.39, 0.29) is 5.91 Å². The zero-order valence-corrected chi connectivity index (χ0v) is 11.7. The van der Waals surface area contributed by atoms with E-state index in [9.17, 15) is 4.79 Å². The molecule has 0 spiro atoms. The van der Waals surface area contributed by atoms with Crippen molar-refractivity contribution >= 4 is 28.6 Å². The van der Waals surface area contributed by atoms with Crippen molar-refractivity contribution in [3.63, 3.8) is 0 Å². The minimum Gasteiger partial charge on any atom is -0.337 e. The van der Waals surface area contributed by atoms with Crippen LogP contribution in [0.2, 0.25) is 0 Å². The van der Waals surface area contributed by atoms with Crippen molar-refractivity contribution in [1.82, 2.24) is 9.47 Å². The summed E-state index contributed by atoms with van der Waals surface area (Å²) < 4.78 is 2.16. The first-order chi connectivity index (χ1) is 9.22. The lowest BCUT2D eigenvalue weighted by molar-refractivity contribution is 0.0800. The van der Waals surface area contributed by atoms with Gasteiger partial charge in [-0.2, -0.15) is 0 Å². The van der Waals surface area contributed by atoms with Gasteiger partial charge in [0, 0.05) is 36.2 Å². The quantitative estimate of drug-likeness (QED) is 0.803. The van der Waals surface area contributed by atoms with Crippen LogP contribution in [0.4, 0.5) is 0 Å². The normalized spacial score (nSPS) is 13.5. The second-order valence-electron chi connectivity index (χ2n) is 4.70. The van der Waals surface area contributed by atoms with E-state index in [4.69, 9.17) is 0 Å². The number of hydrogen-bond acceptors (Lipinski definition) is 2. The molecule has 3 rings (SSSR count). The molecule has 0 bridgehead atoms. The Kier molecular flexibility index (Phi) is 3.11. The van der Waals surface area contributed by atoms with Gasteiger partial charge >= 0.3 is 0 Å². The molecule has 0 saturated carbocycles. The molecule has 0 fully saturated rings. The molecule has 2 heterocycles. The van der Waals surface area contributed by atoms with E-state index in [1.807, 2.05) is 24.9 Å². The van der Waals surface area contributed by atoms with Crippen molar-refractivity contribution in [2.75, 3.05) is 19.3 Å². The van der Waals surface area contributed by atoms with E-state index in [1.165, 1.54) is 10.4 Å². The number of carbonyl (C=O) groups is 1. The molecule has 1 aliphatic rings. The smallest absolute Gasteiger partial charge is 0.270 e. The maximum Gasteiger partial charge on any atom is 0.270 e. The Balaban J connectivity index is 2.13. The molecule has 98 valence electrons. The van der Waals surface area contributed by atoms with Gasteiger partial charge in [-0.05, 0) is 12.1 Å². The number of rotatable bonds is 3. The number of hydrogen-bond donors (Lipinski definition) is 0. The lowest BCUT2D eigenvalue weighted by atomic mass is 10.2. The fraction of sp³-hybridized carbons (Fsp3) is 0.267. The third-order valence-corrected chi connectivity index (χ3v) is 4.45. The molecule has 0 atom stereocenters. The number of para-hydroxylation sites is 1. The molecule has 0 saturated heterocycles. The van der Waals surface area contributed by atoms with Gasteiger partial charge in [0.1, 0.15) is 5.69 Å².